The molecule has 291 valence electrons. The third kappa shape index (κ3) is 8.43. The molecule has 2 aliphatic rings. The van der Waals surface area contributed by atoms with Crippen molar-refractivity contribution < 1.29 is 41.0 Å². The van der Waals surface area contributed by atoms with Crippen molar-refractivity contribution >= 4 is 33.5 Å². The molecule has 8 rings (SSSR count). The van der Waals surface area contributed by atoms with Crippen LogP contribution in [0.3, 0.4) is 0 Å². The molecule has 0 spiro atoms. The average Bonchev–Trinajstić information content (AvgIpc) is 3.93. The fraction of sp³-hybridized carbons (Fsp3) is 0.191. The Morgan fingerprint density at radius 2 is 1.30 bits per heavy atom. The second-order valence-electron chi connectivity index (χ2n) is 13.8. The van der Waals surface area contributed by atoms with Crippen LogP contribution in [0.25, 0.3) is 16.9 Å². The van der Waals surface area contributed by atoms with E-state index in [2.05, 4.69) is 110 Å². The van der Waals surface area contributed by atoms with E-state index in [1.807, 2.05) is 84.9 Å². The summed E-state index contributed by atoms with van der Waals surface area (Å²) in [5.41, 5.74) is 14.0. The predicted octanol–water partition coefficient (Wildman–Crippen LogP) is 10.4. The van der Waals surface area contributed by atoms with Crippen molar-refractivity contribution in [1.29, 1.82) is 0 Å². The van der Waals surface area contributed by atoms with E-state index in [4.69, 9.17) is 23.7 Å². The zero-order valence-electron chi connectivity index (χ0n) is 31.9. The first-order valence-electron chi connectivity index (χ1n) is 18.2. The molecule has 9 heteroatoms. The van der Waals surface area contributed by atoms with Crippen LogP contribution < -0.4 is 39.6 Å². The van der Waals surface area contributed by atoms with Crippen molar-refractivity contribution in [2.45, 2.75) is 26.3 Å². The zero-order valence-corrected chi connectivity index (χ0v) is 35.4. The van der Waals surface area contributed by atoms with E-state index in [1.54, 1.807) is 7.11 Å². The second kappa shape index (κ2) is 18.6. The third-order valence-corrected chi connectivity index (χ3v) is 12.9. The van der Waals surface area contributed by atoms with Crippen LogP contribution in [0, 0.1) is 38.7 Å². The van der Waals surface area contributed by atoms with Gasteiger partial charge in [-0.15, -0.1) is 5.54 Å². The van der Waals surface area contributed by atoms with Gasteiger partial charge in [0.25, 0.3) is 0 Å². The van der Waals surface area contributed by atoms with Crippen LogP contribution in [0.15, 0.2) is 127 Å². The molecule has 1 N–H and O–H groups in total. The number of benzene rings is 6. The molecule has 1 unspecified atom stereocenters. The number of fused-ring (bicyclic) bond motifs is 2. The van der Waals surface area contributed by atoms with Gasteiger partial charge in [-0.25, -0.2) is 0 Å². The summed E-state index contributed by atoms with van der Waals surface area (Å²) < 4.78 is 28.6. The number of halogens is 1. The van der Waals surface area contributed by atoms with E-state index in [1.165, 1.54) is 15.9 Å². The normalized spacial score (nSPS) is 13.9. The molecule has 0 saturated heterocycles. The SMILES string of the molecule is [CH2-][C@H](C(C)C)C([NH-])(c1[c-]cc(C)cc1)c1ccc(OC)cc1.[CH2-]c1ccc2c(c1-c1c([PH+](c3ccccc3)c3ccccc3)ccc3c1OCO3)OCO2.[Cl][Ru]. The molecule has 6 aromatic carbocycles. The second-order valence-corrected chi connectivity index (χ2v) is 16.3. The van der Waals surface area contributed by atoms with E-state index < -0.39 is 13.5 Å². The molecule has 2 atom stereocenters. The average molecular weight is 871 g/mol. The summed E-state index contributed by atoms with van der Waals surface area (Å²) in [6.45, 7) is 15.3. The van der Waals surface area contributed by atoms with Gasteiger partial charge in [0.1, 0.15) is 33.2 Å². The monoisotopic (exact) mass is 871 g/mol. The quantitative estimate of drug-likeness (QED) is 0.0822. The van der Waals surface area contributed by atoms with Gasteiger partial charge in [0.2, 0.25) is 13.6 Å². The van der Waals surface area contributed by atoms with Gasteiger partial charge in [-0.1, -0.05) is 92.4 Å². The Bertz CT molecular complexity index is 2160. The van der Waals surface area contributed by atoms with Crippen LogP contribution in [0.5, 0.6) is 28.7 Å². The minimum atomic E-state index is -1.37. The van der Waals surface area contributed by atoms with E-state index in [0.29, 0.717) is 5.75 Å². The Kier molecular flexibility index (Phi) is 13.7. The van der Waals surface area contributed by atoms with Crippen LogP contribution in [0.4, 0.5) is 0 Å². The van der Waals surface area contributed by atoms with Crippen molar-refractivity contribution in [1.82, 2.24) is 0 Å². The van der Waals surface area contributed by atoms with E-state index in [9.17, 15) is 5.73 Å². The number of hydrogen-bond acceptors (Lipinski definition) is 5. The molecule has 2 heterocycles. The summed E-state index contributed by atoms with van der Waals surface area (Å²) in [6, 6.07) is 46.4. The Morgan fingerprint density at radius 1 is 0.750 bits per heavy atom. The number of methoxy groups -OCH3 is 1. The molecule has 0 aliphatic carbocycles. The molecule has 6 aromatic rings. The Labute approximate surface area is 346 Å². The van der Waals surface area contributed by atoms with E-state index in [0.717, 1.165) is 56.4 Å². The molecule has 6 nitrogen and oxygen atoms in total. The Morgan fingerprint density at radius 3 is 1.82 bits per heavy atom. The van der Waals surface area contributed by atoms with Crippen LogP contribution >= 0.6 is 17.6 Å². The van der Waals surface area contributed by atoms with Gasteiger partial charge in [-0.2, -0.15) is 59.9 Å². The van der Waals surface area contributed by atoms with Gasteiger partial charge < -0.3 is 36.3 Å². The van der Waals surface area contributed by atoms with Gasteiger partial charge >= 0.3 is 27.0 Å². The zero-order chi connectivity index (χ0) is 39.8. The van der Waals surface area contributed by atoms with Crippen molar-refractivity contribution in [2.24, 2.45) is 11.8 Å². The maximum atomic E-state index is 9.20. The third-order valence-electron chi connectivity index (χ3n) is 10.1. The Hall–Kier alpha value is -4.51. The standard InChI is InChI=1S/C27H20O4P.C20H24NO.ClH.Ru/c1-18-12-13-21-26(30-16-28-21)24(18)25-23(15-14-22-27(25)31-17-29-22)32(19-8-4-2-5-9-19)20-10-6-3-7-11-20;1-14(2)16(4)20(21,17-8-6-15(3)7-9-17)18-10-12-19(22-5)13-11-18;;/h2-15H,1,16-17H2;6-8,10-14,16,21H,4H2,1-3,5H3;1H;/q-1;-3;;+1/t;16-,20?;;/m.1../s1. The molecule has 0 bridgehead atoms. The summed E-state index contributed by atoms with van der Waals surface area (Å²) in [5, 5.41) is 3.78. The Balaban J connectivity index is 0.000000195. The van der Waals surface area contributed by atoms with Gasteiger partial charge in [0, 0.05) is 5.56 Å². The summed E-state index contributed by atoms with van der Waals surface area (Å²) in [4.78, 5) is 0. The number of hydrogen-bond donors (Lipinski definition) is 0. The van der Waals surface area contributed by atoms with Crippen LogP contribution in [-0.2, 0) is 22.9 Å². The molecule has 0 radical (unpaired) electrons. The molecule has 0 amide bonds. The van der Waals surface area contributed by atoms with Crippen molar-refractivity contribution in [3.05, 3.63) is 175 Å². The fourth-order valence-electron chi connectivity index (χ4n) is 7.07. The summed E-state index contributed by atoms with van der Waals surface area (Å²) >= 11 is 1.82. The van der Waals surface area contributed by atoms with E-state index in [-0.39, 0.29) is 25.4 Å². The summed E-state index contributed by atoms with van der Waals surface area (Å²) in [7, 11) is 4.85. The first-order chi connectivity index (χ1) is 27.2. The first kappa shape index (κ1) is 41.1. The van der Waals surface area contributed by atoms with Crippen molar-refractivity contribution in [3.8, 4) is 39.9 Å². The first-order valence-corrected chi connectivity index (χ1v) is 21.9. The number of nitrogens with one attached hydrogen (secondary N) is 1. The van der Waals surface area contributed by atoms with Gasteiger partial charge in [0.05, 0.1) is 15.0 Å². The molecular formula is C47H45ClNO5PRu-3. The maximum absolute atomic E-state index is 9.20. The topological polar surface area (TPSA) is 70.0 Å². The van der Waals surface area contributed by atoms with Gasteiger partial charge in [-0.05, 0) is 48.5 Å². The number of ether oxygens (including phenoxy) is 5. The summed E-state index contributed by atoms with van der Waals surface area (Å²) in [5.74, 6) is 3.92. The van der Waals surface area contributed by atoms with Crippen LogP contribution in [-0.4, -0.2) is 20.7 Å². The number of rotatable bonds is 9. The van der Waals surface area contributed by atoms with Gasteiger partial charge in [0.15, 0.2) is 11.5 Å². The molecule has 56 heavy (non-hydrogen) atoms. The summed E-state index contributed by atoms with van der Waals surface area (Å²) in [6.07, 6.45) is 0. The molecular weight excluding hydrogens is 826 g/mol. The molecule has 0 fully saturated rings. The fourth-order valence-corrected chi connectivity index (χ4v) is 9.82. The van der Waals surface area contributed by atoms with Crippen molar-refractivity contribution in [2.75, 3.05) is 20.7 Å². The van der Waals surface area contributed by atoms with Crippen LogP contribution in [0.1, 0.15) is 36.1 Å². The minimum absolute atomic E-state index is 0.0835. The molecule has 0 aromatic heterocycles. The molecule has 2 aliphatic heterocycles. The molecule has 0 saturated carbocycles. The van der Waals surface area contributed by atoms with E-state index >= 15 is 0 Å². The van der Waals surface area contributed by atoms with Crippen LogP contribution in [0.2, 0.25) is 0 Å². The van der Waals surface area contributed by atoms with Crippen molar-refractivity contribution in [3.63, 3.8) is 0 Å². The number of aryl methyl sites for hydroxylation is 1. The predicted molar refractivity (Wildman–Crippen MR) is 226 cm³/mol. The van der Waals surface area contributed by atoms with Gasteiger partial charge in [-0.3, -0.25) is 0 Å².